The van der Waals surface area contributed by atoms with Crippen molar-refractivity contribution < 1.29 is 4.79 Å². The highest BCUT2D eigenvalue weighted by molar-refractivity contribution is 5.85. The maximum Gasteiger partial charge on any atom is 0.241 e. The van der Waals surface area contributed by atoms with Gasteiger partial charge in [-0.3, -0.25) is 4.79 Å². The molecule has 0 spiro atoms. The van der Waals surface area contributed by atoms with Gasteiger partial charge >= 0.3 is 0 Å². The summed E-state index contributed by atoms with van der Waals surface area (Å²) in [6, 6.07) is 9.86. The minimum atomic E-state index is 0. The monoisotopic (exact) mass is 268 g/mol. The van der Waals surface area contributed by atoms with Crippen LogP contribution in [0.1, 0.15) is 19.8 Å². The Morgan fingerprint density at radius 2 is 2.00 bits per heavy atom. The highest BCUT2D eigenvalue weighted by atomic mass is 35.5. The molecule has 1 N–H and O–H groups in total. The number of amides is 1. The number of para-hydroxylation sites is 1. The lowest BCUT2D eigenvalue weighted by molar-refractivity contribution is -0.129. The number of nitrogens with zero attached hydrogens (tertiary/aromatic N) is 1. The average molecular weight is 269 g/mol. The van der Waals surface area contributed by atoms with Gasteiger partial charge in [0.1, 0.15) is 0 Å². The highest BCUT2D eigenvalue weighted by Crippen LogP contribution is 2.29. The number of carbonyl (C=O) groups is 1. The summed E-state index contributed by atoms with van der Waals surface area (Å²) in [6.45, 7) is 4.19. The SMILES string of the molecule is CCN(CC1CC1)C(=O)CNc1ccccc1.Cl. The predicted octanol–water partition coefficient (Wildman–Crippen LogP) is 2.78. The molecule has 0 bridgehead atoms. The van der Waals surface area contributed by atoms with Crippen LogP contribution < -0.4 is 5.32 Å². The molecule has 100 valence electrons. The third-order valence-corrected chi connectivity index (χ3v) is 3.13. The van der Waals surface area contributed by atoms with E-state index in [9.17, 15) is 4.79 Å². The molecule has 1 aromatic rings. The fourth-order valence-corrected chi connectivity index (χ4v) is 1.86. The van der Waals surface area contributed by atoms with Gasteiger partial charge in [-0.25, -0.2) is 0 Å². The highest BCUT2D eigenvalue weighted by Gasteiger charge is 2.25. The molecule has 0 saturated heterocycles. The quantitative estimate of drug-likeness (QED) is 0.860. The van der Waals surface area contributed by atoms with Gasteiger partial charge in [0.2, 0.25) is 5.91 Å². The van der Waals surface area contributed by atoms with E-state index in [4.69, 9.17) is 0 Å². The van der Waals surface area contributed by atoms with E-state index in [2.05, 4.69) is 5.32 Å². The van der Waals surface area contributed by atoms with E-state index >= 15 is 0 Å². The Kier molecular flexibility index (Phi) is 5.99. The number of likely N-dealkylation sites (N-methyl/N-ethyl adjacent to an activating group) is 1. The van der Waals surface area contributed by atoms with E-state index in [1.807, 2.05) is 42.2 Å². The molecule has 1 amide bonds. The number of anilines is 1. The molecule has 2 rings (SSSR count). The molecule has 1 aliphatic rings. The fraction of sp³-hybridized carbons (Fsp3) is 0.500. The van der Waals surface area contributed by atoms with Crippen molar-refractivity contribution in [2.45, 2.75) is 19.8 Å². The summed E-state index contributed by atoms with van der Waals surface area (Å²) in [6.07, 6.45) is 2.58. The third kappa shape index (κ3) is 4.57. The van der Waals surface area contributed by atoms with Crippen LogP contribution in [0.3, 0.4) is 0 Å². The van der Waals surface area contributed by atoms with E-state index in [0.717, 1.165) is 24.7 Å². The van der Waals surface area contributed by atoms with E-state index in [-0.39, 0.29) is 18.3 Å². The molecule has 1 saturated carbocycles. The van der Waals surface area contributed by atoms with Gasteiger partial charge in [-0.15, -0.1) is 12.4 Å². The van der Waals surface area contributed by atoms with Crippen molar-refractivity contribution in [1.29, 1.82) is 0 Å². The van der Waals surface area contributed by atoms with Gasteiger partial charge in [-0.05, 0) is 37.8 Å². The summed E-state index contributed by atoms with van der Waals surface area (Å²) in [5.74, 6) is 0.957. The summed E-state index contributed by atoms with van der Waals surface area (Å²) in [5, 5.41) is 3.16. The molecular weight excluding hydrogens is 248 g/mol. The first-order chi connectivity index (χ1) is 8.29. The Morgan fingerprint density at radius 3 is 2.56 bits per heavy atom. The average Bonchev–Trinajstić information content (AvgIpc) is 3.18. The van der Waals surface area contributed by atoms with Crippen molar-refractivity contribution in [2.75, 3.05) is 25.0 Å². The van der Waals surface area contributed by atoms with Crippen LogP contribution in [-0.2, 0) is 4.79 Å². The molecule has 0 unspecified atom stereocenters. The first-order valence-corrected chi connectivity index (χ1v) is 6.36. The number of hydrogen-bond acceptors (Lipinski definition) is 2. The summed E-state index contributed by atoms with van der Waals surface area (Å²) in [4.78, 5) is 13.9. The van der Waals surface area contributed by atoms with Crippen molar-refractivity contribution in [1.82, 2.24) is 4.90 Å². The molecule has 0 aliphatic heterocycles. The molecule has 0 radical (unpaired) electrons. The van der Waals surface area contributed by atoms with E-state index < -0.39 is 0 Å². The number of nitrogens with one attached hydrogen (secondary N) is 1. The van der Waals surface area contributed by atoms with E-state index in [0.29, 0.717) is 6.54 Å². The standard InChI is InChI=1S/C14H20N2O.ClH/c1-2-16(11-12-8-9-12)14(17)10-15-13-6-4-3-5-7-13;/h3-7,12,15H,2,8-11H2,1H3;1H. The Morgan fingerprint density at radius 1 is 1.33 bits per heavy atom. The third-order valence-electron chi connectivity index (χ3n) is 3.13. The lowest BCUT2D eigenvalue weighted by Crippen LogP contribution is -2.36. The second-order valence-electron chi connectivity index (χ2n) is 4.60. The first-order valence-electron chi connectivity index (χ1n) is 6.36. The molecule has 1 aromatic carbocycles. The number of rotatable bonds is 6. The van der Waals surface area contributed by atoms with Crippen molar-refractivity contribution in [3.05, 3.63) is 30.3 Å². The molecule has 0 aromatic heterocycles. The van der Waals surface area contributed by atoms with Gasteiger partial charge in [0.15, 0.2) is 0 Å². The molecule has 0 atom stereocenters. The second kappa shape index (κ2) is 7.27. The summed E-state index contributed by atoms with van der Waals surface area (Å²) in [5.41, 5.74) is 1.00. The van der Waals surface area contributed by atoms with Crippen LogP contribution in [0.15, 0.2) is 30.3 Å². The van der Waals surface area contributed by atoms with Crippen molar-refractivity contribution >= 4 is 24.0 Å². The minimum Gasteiger partial charge on any atom is -0.376 e. The topological polar surface area (TPSA) is 32.3 Å². The van der Waals surface area contributed by atoms with Gasteiger partial charge in [0, 0.05) is 18.8 Å². The lowest BCUT2D eigenvalue weighted by atomic mass is 10.3. The van der Waals surface area contributed by atoms with Crippen LogP contribution in [0.2, 0.25) is 0 Å². The Bertz CT molecular complexity index is 365. The second-order valence-corrected chi connectivity index (χ2v) is 4.60. The van der Waals surface area contributed by atoms with Gasteiger partial charge < -0.3 is 10.2 Å². The molecule has 1 fully saturated rings. The fourth-order valence-electron chi connectivity index (χ4n) is 1.86. The van der Waals surface area contributed by atoms with Crippen LogP contribution in [-0.4, -0.2) is 30.4 Å². The number of benzene rings is 1. The van der Waals surface area contributed by atoms with Crippen molar-refractivity contribution in [2.24, 2.45) is 5.92 Å². The summed E-state index contributed by atoms with van der Waals surface area (Å²) in [7, 11) is 0. The summed E-state index contributed by atoms with van der Waals surface area (Å²) >= 11 is 0. The number of halogens is 1. The normalized spacial score (nSPS) is 13.6. The molecule has 3 nitrogen and oxygen atoms in total. The lowest BCUT2D eigenvalue weighted by Gasteiger charge is -2.21. The largest absolute Gasteiger partial charge is 0.376 e. The van der Waals surface area contributed by atoms with Crippen LogP contribution >= 0.6 is 12.4 Å². The number of carbonyl (C=O) groups excluding carboxylic acids is 1. The summed E-state index contributed by atoms with van der Waals surface area (Å²) < 4.78 is 0. The van der Waals surface area contributed by atoms with Crippen LogP contribution in [0.5, 0.6) is 0 Å². The van der Waals surface area contributed by atoms with E-state index in [1.54, 1.807) is 0 Å². The molecular formula is C14H21ClN2O. The van der Waals surface area contributed by atoms with E-state index in [1.165, 1.54) is 12.8 Å². The Balaban J connectivity index is 0.00000162. The zero-order valence-electron chi connectivity index (χ0n) is 10.8. The van der Waals surface area contributed by atoms with Crippen LogP contribution in [0.4, 0.5) is 5.69 Å². The molecule has 18 heavy (non-hydrogen) atoms. The van der Waals surface area contributed by atoms with Crippen molar-refractivity contribution in [3.63, 3.8) is 0 Å². The van der Waals surface area contributed by atoms with Gasteiger partial charge in [-0.2, -0.15) is 0 Å². The smallest absolute Gasteiger partial charge is 0.241 e. The van der Waals surface area contributed by atoms with Gasteiger partial charge in [0.25, 0.3) is 0 Å². The minimum absolute atomic E-state index is 0. The Labute approximate surface area is 115 Å². The predicted molar refractivity (Wildman–Crippen MR) is 77.2 cm³/mol. The molecule has 1 aliphatic carbocycles. The van der Waals surface area contributed by atoms with Crippen LogP contribution in [0, 0.1) is 5.92 Å². The molecule has 4 heteroatoms. The maximum atomic E-state index is 12.0. The zero-order chi connectivity index (χ0) is 12.1. The first kappa shape index (κ1) is 14.8. The molecule has 0 heterocycles. The van der Waals surface area contributed by atoms with Gasteiger partial charge in [-0.1, -0.05) is 18.2 Å². The van der Waals surface area contributed by atoms with Crippen LogP contribution in [0.25, 0.3) is 0 Å². The zero-order valence-corrected chi connectivity index (χ0v) is 11.6. The number of hydrogen-bond donors (Lipinski definition) is 1. The van der Waals surface area contributed by atoms with Crippen molar-refractivity contribution in [3.8, 4) is 0 Å². The maximum absolute atomic E-state index is 12.0. The van der Waals surface area contributed by atoms with Gasteiger partial charge in [0.05, 0.1) is 6.54 Å². The Hall–Kier alpha value is -1.22.